The number of nitrogens with zero attached hydrogens (tertiary/aromatic N) is 3. The van der Waals surface area contributed by atoms with Crippen LogP contribution in [0.4, 0.5) is 27.3 Å². The summed E-state index contributed by atoms with van der Waals surface area (Å²) in [6, 6.07) is 9.32. The molecule has 1 atom stereocenters. The first-order chi connectivity index (χ1) is 18.9. The molecule has 2 aliphatic heterocycles. The SMILES string of the molecule is Cc1ncc(NC(=O)c2cc(F)cc(N3CCOCC3)c2)cc1C(=O)Nc1ccc(NCC2CCCO2)nc1. The fourth-order valence-corrected chi connectivity index (χ4v) is 4.54. The Balaban J connectivity index is 1.22. The zero-order valence-corrected chi connectivity index (χ0v) is 21.7. The molecule has 2 aliphatic rings. The maximum Gasteiger partial charge on any atom is 0.257 e. The van der Waals surface area contributed by atoms with Crippen molar-refractivity contribution >= 4 is 34.7 Å². The van der Waals surface area contributed by atoms with Crippen LogP contribution in [0.3, 0.4) is 0 Å². The van der Waals surface area contributed by atoms with E-state index in [1.165, 1.54) is 18.3 Å². The number of anilines is 4. The van der Waals surface area contributed by atoms with E-state index in [1.54, 1.807) is 37.4 Å². The molecule has 2 saturated heterocycles. The number of aryl methyl sites for hydroxylation is 1. The molecule has 2 aromatic heterocycles. The normalized spacial score (nSPS) is 17.1. The average Bonchev–Trinajstić information content (AvgIpc) is 3.47. The van der Waals surface area contributed by atoms with Crippen molar-refractivity contribution in [3.8, 4) is 0 Å². The van der Waals surface area contributed by atoms with Crippen molar-refractivity contribution in [2.45, 2.75) is 25.9 Å². The maximum absolute atomic E-state index is 14.3. The number of pyridine rings is 2. The van der Waals surface area contributed by atoms with Gasteiger partial charge in [0.2, 0.25) is 0 Å². The third-order valence-corrected chi connectivity index (χ3v) is 6.67. The molecule has 204 valence electrons. The summed E-state index contributed by atoms with van der Waals surface area (Å²) < 4.78 is 25.3. The highest BCUT2D eigenvalue weighted by Gasteiger charge is 2.18. The van der Waals surface area contributed by atoms with Gasteiger partial charge in [0.1, 0.15) is 11.6 Å². The number of carbonyl (C=O) groups is 2. The Bertz CT molecular complexity index is 1320. The second kappa shape index (κ2) is 12.2. The van der Waals surface area contributed by atoms with Crippen LogP contribution in [0.15, 0.2) is 48.8 Å². The van der Waals surface area contributed by atoms with Gasteiger partial charge in [-0.25, -0.2) is 9.37 Å². The van der Waals surface area contributed by atoms with Crippen LogP contribution in [0.1, 0.15) is 39.3 Å². The van der Waals surface area contributed by atoms with E-state index in [4.69, 9.17) is 9.47 Å². The van der Waals surface area contributed by atoms with Crippen molar-refractivity contribution in [2.24, 2.45) is 0 Å². The number of halogens is 1. The first-order valence-electron chi connectivity index (χ1n) is 13.0. The Morgan fingerprint density at radius 3 is 2.54 bits per heavy atom. The number of hydrogen-bond donors (Lipinski definition) is 3. The van der Waals surface area contributed by atoms with Gasteiger partial charge in [-0.3, -0.25) is 14.6 Å². The summed E-state index contributed by atoms with van der Waals surface area (Å²) >= 11 is 0. The Kier molecular flexibility index (Phi) is 8.28. The molecule has 0 saturated carbocycles. The molecule has 2 amide bonds. The van der Waals surface area contributed by atoms with Crippen LogP contribution in [0, 0.1) is 12.7 Å². The molecule has 0 radical (unpaired) electrons. The standard InChI is InChI=1S/C28H31FN6O4/c1-18-25(28(37)33-21-4-5-26(31-15-21)32-17-24-3-2-8-39-24)14-22(16-30-18)34-27(36)19-11-20(29)13-23(12-19)35-6-9-38-10-7-35/h4-5,11-16,24H,2-3,6-10,17H2,1H3,(H,31,32)(H,33,37)(H,34,36). The molecule has 4 heterocycles. The van der Waals surface area contributed by atoms with E-state index >= 15 is 0 Å². The number of ether oxygens (including phenoxy) is 2. The first-order valence-corrected chi connectivity index (χ1v) is 13.0. The maximum atomic E-state index is 14.3. The van der Waals surface area contributed by atoms with Gasteiger partial charge in [-0.1, -0.05) is 0 Å². The van der Waals surface area contributed by atoms with Gasteiger partial charge in [-0.05, 0) is 56.2 Å². The summed E-state index contributed by atoms with van der Waals surface area (Å²) in [6.07, 6.45) is 5.33. The van der Waals surface area contributed by atoms with Crippen LogP contribution >= 0.6 is 0 Å². The predicted molar refractivity (Wildman–Crippen MR) is 146 cm³/mol. The molecule has 39 heavy (non-hydrogen) atoms. The van der Waals surface area contributed by atoms with Crippen molar-refractivity contribution in [3.63, 3.8) is 0 Å². The van der Waals surface area contributed by atoms with Gasteiger partial charge < -0.3 is 30.3 Å². The molecule has 10 nitrogen and oxygen atoms in total. The van der Waals surface area contributed by atoms with Crippen molar-refractivity contribution in [1.82, 2.24) is 9.97 Å². The Morgan fingerprint density at radius 2 is 1.79 bits per heavy atom. The molecule has 0 aliphatic carbocycles. The van der Waals surface area contributed by atoms with E-state index in [9.17, 15) is 14.0 Å². The lowest BCUT2D eigenvalue weighted by Crippen LogP contribution is -2.36. The quantitative estimate of drug-likeness (QED) is 0.399. The van der Waals surface area contributed by atoms with Crippen LogP contribution in [0.25, 0.3) is 0 Å². The van der Waals surface area contributed by atoms with Crippen LogP contribution in [-0.2, 0) is 9.47 Å². The minimum Gasteiger partial charge on any atom is -0.378 e. The fourth-order valence-electron chi connectivity index (χ4n) is 4.54. The Morgan fingerprint density at radius 1 is 1.00 bits per heavy atom. The van der Waals surface area contributed by atoms with Crippen LogP contribution in [0.2, 0.25) is 0 Å². The van der Waals surface area contributed by atoms with Gasteiger partial charge in [0.05, 0.1) is 54.3 Å². The topological polar surface area (TPSA) is 118 Å². The monoisotopic (exact) mass is 534 g/mol. The van der Waals surface area contributed by atoms with E-state index in [2.05, 4.69) is 25.9 Å². The number of amides is 2. The molecule has 11 heteroatoms. The molecule has 3 N–H and O–H groups in total. The van der Waals surface area contributed by atoms with Gasteiger partial charge in [0.25, 0.3) is 11.8 Å². The third-order valence-electron chi connectivity index (χ3n) is 6.67. The second-order valence-electron chi connectivity index (χ2n) is 9.51. The highest BCUT2D eigenvalue weighted by Crippen LogP contribution is 2.22. The molecule has 0 bridgehead atoms. The smallest absolute Gasteiger partial charge is 0.257 e. The zero-order valence-electron chi connectivity index (χ0n) is 21.7. The van der Waals surface area contributed by atoms with Crippen molar-refractivity contribution in [2.75, 3.05) is 60.3 Å². The van der Waals surface area contributed by atoms with Crippen molar-refractivity contribution in [1.29, 1.82) is 0 Å². The fraction of sp³-hybridized carbons (Fsp3) is 0.357. The van der Waals surface area contributed by atoms with Gasteiger partial charge >= 0.3 is 0 Å². The van der Waals surface area contributed by atoms with E-state index in [-0.39, 0.29) is 11.7 Å². The summed E-state index contributed by atoms with van der Waals surface area (Å²) in [4.78, 5) is 36.5. The lowest BCUT2D eigenvalue weighted by molar-refractivity contribution is 0.101. The minimum atomic E-state index is -0.507. The molecular weight excluding hydrogens is 503 g/mol. The van der Waals surface area contributed by atoms with Crippen LogP contribution in [-0.4, -0.2) is 67.3 Å². The molecule has 1 unspecified atom stereocenters. The van der Waals surface area contributed by atoms with E-state index < -0.39 is 17.6 Å². The molecule has 0 spiro atoms. The summed E-state index contributed by atoms with van der Waals surface area (Å²) in [5.41, 5.74) is 2.41. The van der Waals surface area contributed by atoms with E-state index in [0.29, 0.717) is 67.0 Å². The highest BCUT2D eigenvalue weighted by molar-refractivity contribution is 6.08. The summed E-state index contributed by atoms with van der Waals surface area (Å²) in [7, 11) is 0. The molecule has 3 aromatic rings. The second-order valence-corrected chi connectivity index (χ2v) is 9.51. The number of hydrogen-bond acceptors (Lipinski definition) is 8. The number of rotatable bonds is 8. The number of morpholine rings is 1. The summed E-state index contributed by atoms with van der Waals surface area (Å²) in [5.74, 6) is -0.706. The predicted octanol–water partition coefficient (Wildman–Crippen LogP) is 3.86. The van der Waals surface area contributed by atoms with Gasteiger partial charge in [0, 0.05) is 37.5 Å². The molecule has 1 aromatic carbocycles. The van der Waals surface area contributed by atoms with Crippen molar-refractivity contribution in [3.05, 3.63) is 71.4 Å². The third kappa shape index (κ3) is 6.87. The first kappa shape index (κ1) is 26.5. The van der Waals surface area contributed by atoms with Crippen LogP contribution in [0.5, 0.6) is 0 Å². The van der Waals surface area contributed by atoms with Crippen molar-refractivity contribution < 1.29 is 23.5 Å². The average molecular weight is 535 g/mol. The number of nitrogens with one attached hydrogen (secondary N) is 3. The highest BCUT2D eigenvalue weighted by atomic mass is 19.1. The van der Waals surface area contributed by atoms with Gasteiger partial charge in [-0.15, -0.1) is 0 Å². The zero-order chi connectivity index (χ0) is 27.2. The lowest BCUT2D eigenvalue weighted by Gasteiger charge is -2.29. The number of aromatic nitrogens is 2. The summed E-state index contributed by atoms with van der Waals surface area (Å²) in [6.45, 7) is 5.52. The Labute approximate surface area is 225 Å². The minimum absolute atomic E-state index is 0.169. The number of benzene rings is 1. The summed E-state index contributed by atoms with van der Waals surface area (Å²) in [5, 5.41) is 8.78. The lowest BCUT2D eigenvalue weighted by atomic mass is 10.1. The Hall–Kier alpha value is -4.09. The molecule has 5 rings (SSSR count). The largest absolute Gasteiger partial charge is 0.378 e. The van der Waals surface area contributed by atoms with E-state index in [0.717, 1.165) is 19.4 Å². The molecular formula is C28H31FN6O4. The number of carbonyl (C=O) groups excluding carboxylic acids is 2. The molecule has 2 fully saturated rings. The van der Waals surface area contributed by atoms with E-state index in [1.807, 2.05) is 4.90 Å². The van der Waals surface area contributed by atoms with Gasteiger partial charge in [0.15, 0.2) is 0 Å². The van der Waals surface area contributed by atoms with Gasteiger partial charge in [-0.2, -0.15) is 0 Å². The van der Waals surface area contributed by atoms with Crippen LogP contribution < -0.4 is 20.9 Å².